The third-order valence-electron chi connectivity index (χ3n) is 3.57. The predicted molar refractivity (Wildman–Crippen MR) is 108 cm³/mol. The molecule has 0 bridgehead atoms. The molecule has 10 heteroatoms. The Balaban J connectivity index is 2.26. The van der Waals surface area contributed by atoms with Gasteiger partial charge in [0.15, 0.2) is 18.1 Å². The van der Waals surface area contributed by atoms with E-state index in [1.165, 1.54) is 4.90 Å². The van der Waals surface area contributed by atoms with E-state index in [0.717, 1.165) is 11.8 Å². The van der Waals surface area contributed by atoms with E-state index in [0.29, 0.717) is 46.9 Å². The number of thioether (sulfide) groups is 1. The molecule has 1 saturated heterocycles. The molecule has 2 amide bonds. The number of imide groups is 1. The van der Waals surface area contributed by atoms with Crippen LogP contribution in [0.4, 0.5) is 4.79 Å². The number of carboxylic acid groups (broad SMARTS) is 1. The van der Waals surface area contributed by atoms with Crippen LogP contribution in [-0.2, 0) is 14.3 Å². The molecular weight excluding hydrogens is 454 g/mol. The van der Waals surface area contributed by atoms with Crippen LogP contribution >= 0.6 is 27.7 Å². The van der Waals surface area contributed by atoms with Gasteiger partial charge < -0.3 is 19.3 Å². The van der Waals surface area contributed by atoms with E-state index in [9.17, 15) is 14.4 Å². The van der Waals surface area contributed by atoms with Crippen LogP contribution in [0.2, 0.25) is 0 Å². The van der Waals surface area contributed by atoms with Gasteiger partial charge in [0.2, 0.25) is 0 Å². The maximum absolute atomic E-state index is 12.5. The minimum Gasteiger partial charge on any atom is -0.490 e. The molecule has 1 aromatic rings. The van der Waals surface area contributed by atoms with Crippen LogP contribution in [-0.4, -0.2) is 60.6 Å². The number of aliphatic carboxylic acids is 1. The Morgan fingerprint density at radius 1 is 1.32 bits per heavy atom. The minimum absolute atomic E-state index is 0.258. The van der Waals surface area contributed by atoms with Crippen molar-refractivity contribution in [3.63, 3.8) is 0 Å². The highest BCUT2D eigenvalue weighted by molar-refractivity contribution is 9.10. The Labute approximate surface area is 174 Å². The number of ether oxygens (including phenoxy) is 3. The fraction of sp³-hybridized carbons (Fsp3) is 0.389. The summed E-state index contributed by atoms with van der Waals surface area (Å²) in [7, 11) is 1.56. The van der Waals surface area contributed by atoms with E-state index in [-0.39, 0.29) is 16.9 Å². The first-order chi connectivity index (χ1) is 13.4. The number of carbonyl (C=O) groups is 3. The third-order valence-corrected chi connectivity index (χ3v) is 5.07. The summed E-state index contributed by atoms with van der Waals surface area (Å²) in [5, 5.41) is 8.49. The first kappa shape index (κ1) is 22.3. The molecule has 1 aromatic carbocycles. The Bertz CT molecular complexity index is 796. The fourth-order valence-electron chi connectivity index (χ4n) is 2.42. The van der Waals surface area contributed by atoms with Crippen molar-refractivity contribution in [3.05, 3.63) is 27.1 Å². The van der Waals surface area contributed by atoms with Crippen LogP contribution in [0.25, 0.3) is 6.08 Å². The molecule has 152 valence electrons. The van der Waals surface area contributed by atoms with Gasteiger partial charge in [-0.3, -0.25) is 14.5 Å². The highest BCUT2D eigenvalue weighted by Gasteiger charge is 2.34. The summed E-state index contributed by atoms with van der Waals surface area (Å²) in [6, 6.07) is 3.29. The molecule has 1 fully saturated rings. The van der Waals surface area contributed by atoms with Gasteiger partial charge in [-0.2, -0.15) is 0 Å². The van der Waals surface area contributed by atoms with Crippen LogP contribution in [0, 0.1) is 0 Å². The Morgan fingerprint density at radius 3 is 2.71 bits per heavy atom. The summed E-state index contributed by atoms with van der Waals surface area (Å²) < 4.78 is 16.2. The van der Waals surface area contributed by atoms with Gasteiger partial charge in [0.05, 0.1) is 16.0 Å². The molecule has 0 unspecified atom stereocenters. The van der Waals surface area contributed by atoms with Crippen molar-refractivity contribution in [3.8, 4) is 11.5 Å². The first-order valence-electron chi connectivity index (χ1n) is 8.42. The van der Waals surface area contributed by atoms with Crippen molar-refractivity contribution in [2.45, 2.75) is 13.3 Å². The number of benzene rings is 1. The summed E-state index contributed by atoms with van der Waals surface area (Å²) in [6.45, 7) is 2.37. The maximum atomic E-state index is 12.5. The Morgan fingerprint density at radius 2 is 2.07 bits per heavy atom. The van der Waals surface area contributed by atoms with Crippen molar-refractivity contribution >= 4 is 50.9 Å². The number of rotatable bonds is 10. The molecule has 0 aliphatic carbocycles. The third kappa shape index (κ3) is 5.73. The second kappa shape index (κ2) is 10.5. The topological polar surface area (TPSA) is 102 Å². The summed E-state index contributed by atoms with van der Waals surface area (Å²) in [6.07, 6.45) is 2.16. The average molecular weight is 474 g/mol. The lowest BCUT2D eigenvalue weighted by molar-refractivity contribution is -0.139. The number of carboxylic acids is 1. The molecular formula is C18H20BrNO7S. The van der Waals surface area contributed by atoms with Crippen molar-refractivity contribution in [1.29, 1.82) is 0 Å². The average Bonchev–Trinajstić information content (AvgIpc) is 2.88. The number of methoxy groups -OCH3 is 1. The van der Waals surface area contributed by atoms with Crippen molar-refractivity contribution < 1.29 is 33.7 Å². The van der Waals surface area contributed by atoms with Crippen LogP contribution < -0.4 is 9.47 Å². The molecule has 1 aliphatic rings. The minimum atomic E-state index is -1.11. The molecule has 1 N–H and O–H groups in total. The second-order valence-corrected chi connectivity index (χ2v) is 7.47. The molecule has 8 nitrogen and oxygen atoms in total. The standard InChI is InChI=1S/C18H20BrNO7S/c1-3-26-13-8-11(7-12(19)16(13)27-10-15(21)22)9-14-17(23)20(18(24)28-14)5-4-6-25-2/h7-9H,3-6,10H2,1-2H3,(H,21,22)/b14-9+. The van der Waals surface area contributed by atoms with Gasteiger partial charge in [0.1, 0.15) is 0 Å². The number of halogens is 1. The smallest absolute Gasteiger partial charge is 0.341 e. The van der Waals surface area contributed by atoms with Gasteiger partial charge in [0.25, 0.3) is 11.1 Å². The molecule has 0 aromatic heterocycles. The summed E-state index contributed by atoms with van der Waals surface area (Å²) in [5.74, 6) is -0.871. The Kier molecular flexibility index (Phi) is 8.34. The normalized spacial score (nSPS) is 15.4. The van der Waals surface area contributed by atoms with E-state index in [1.807, 2.05) is 0 Å². The van der Waals surface area contributed by atoms with Crippen LogP contribution in [0.5, 0.6) is 11.5 Å². The zero-order valence-corrected chi connectivity index (χ0v) is 17.8. The number of amides is 2. The number of hydrogen-bond acceptors (Lipinski definition) is 7. The molecule has 0 radical (unpaired) electrons. The molecule has 1 aliphatic heterocycles. The van der Waals surface area contributed by atoms with Crippen LogP contribution in [0.1, 0.15) is 18.9 Å². The lowest BCUT2D eigenvalue weighted by Crippen LogP contribution is -2.29. The van der Waals surface area contributed by atoms with Gasteiger partial charge in [-0.15, -0.1) is 0 Å². The zero-order chi connectivity index (χ0) is 20.7. The van der Waals surface area contributed by atoms with Crippen LogP contribution in [0.15, 0.2) is 21.5 Å². The molecule has 0 saturated carbocycles. The summed E-state index contributed by atoms with van der Waals surface area (Å²) >= 11 is 4.21. The zero-order valence-electron chi connectivity index (χ0n) is 15.4. The van der Waals surface area contributed by atoms with Gasteiger partial charge in [0, 0.05) is 20.3 Å². The monoisotopic (exact) mass is 473 g/mol. The van der Waals surface area contributed by atoms with E-state index in [1.54, 1.807) is 32.2 Å². The largest absolute Gasteiger partial charge is 0.490 e. The van der Waals surface area contributed by atoms with E-state index in [4.69, 9.17) is 19.3 Å². The Hall–Kier alpha value is -2.04. The van der Waals surface area contributed by atoms with Gasteiger partial charge >= 0.3 is 5.97 Å². The summed E-state index contributed by atoms with van der Waals surface area (Å²) in [4.78, 5) is 36.9. The number of nitrogens with zero attached hydrogens (tertiary/aromatic N) is 1. The second-order valence-electron chi connectivity index (χ2n) is 5.63. The lowest BCUT2D eigenvalue weighted by Gasteiger charge is -2.14. The molecule has 1 heterocycles. The highest BCUT2D eigenvalue weighted by Crippen LogP contribution is 2.39. The number of carbonyl (C=O) groups excluding carboxylic acids is 2. The molecule has 0 atom stereocenters. The van der Waals surface area contributed by atoms with E-state index < -0.39 is 12.6 Å². The lowest BCUT2D eigenvalue weighted by atomic mass is 10.2. The van der Waals surface area contributed by atoms with Gasteiger partial charge in [-0.1, -0.05) is 0 Å². The van der Waals surface area contributed by atoms with Gasteiger partial charge in [-0.25, -0.2) is 4.79 Å². The quantitative estimate of drug-likeness (QED) is 0.407. The first-order valence-corrected chi connectivity index (χ1v) is 10.0. The van der Waals surface area contributed by atoms with E-state index >= 15 is 0 Å². The van der Waals surface area contributed by atoms with Crippen molar-refractivity contribution in [2.75, 3.05) is 33.5 Å². The molecule has 2 rings (SSSR count). The van der Waals surface area contributed by atoms with Gasteiger partial charge in [-0.05, 0) is 64.8 Å². The number of hydrogen-bond donors (Lipinski definition) is 1. The fourth-order valence-corrected chi connectivity index (χ4v) is 3.86. The maximum Gasteiger partial charge on any atom is 0.341 e. The molecule has 28 heavy (non-hydrogen) atoms. The summed E-state index contributed by atoms with van der Waals surface area (Å²) in [5.41, 5.74) is 0.611. The molecule has 0 spiro atoms. The van der Waals surface area contributed by atoms with E-state index in [2.05, 4.69) is 15.9 Å². The predicted octanol–water partition coefficient (Wildman–Crippen LogP) is 3.38. The van der Waals surface area contributed by atoms with Crippen molar-refractivity contribution in [2.24, 2.45) is 0 Å². The van der Waals surface area contributed by atoms with Crippen molar-refractivity contribution in [1.82, 2.24) is 4.90 Å². The SMILES string of the molecule is CCOc1cc(/C=C2/SC(=O)N(CCCOC)C2=O)cc(Br)c1OCC(=O)O. The highest BCUT2D eigenvalue weighted by atomic mass is 79.9. The van der Waals surface area contributed by atoms with Crippen LogP contribution in [0.3, 0.4) is 0 Å².